The van der Waals surface area contributed by atoms with E-state index < -0.39 is 10.8 Å². The van der Waals surface area contributed by atoms with Gasteiger partial charge in [-0.1, -0.05) is 62.7 Å². The second-order valence-corrected chi connectivity index (χ2v) is 11.7. The summed E-state index contributed by atoms with van der Waals surface area (Å²) < 4.78 is 0. The molecule has 198 valence electrons. The average molecular weight is 552 g/mol. The van der Waals surface area contributed by atoms with Crippen LogP contribution in [0.15, 0.2) is 66.6 Å². The van der Waals surface area contributed by atoms with Crippen LogP contribution in [0.3, 0.4) is 0 Å². The molecule has 7 nitrogen and oxygen atoms in total. The van der Waals surface area contributed by atoms with Crippen LogP contribution in [0.2, 0.25) is 5.02 Å². The summed E-state index contributed by atoms with van der Waals surface area (Å²) in [6.07, 6.45) is 2.28. The lowest BCUT2D eigenvalue weighted by atomic mass is 9.85. The van der Waals surface area contributed by atoms with Gasteiger partial charge in [-0.15, -0.1) is 17.9 Å². The molecule has 9 heteroatoms. The fourth-order valence-electron chi connectivity index (χ4n) is 4.71. The van der Waals surface area contributed by atoms with Crippen molar-refractivity contribution in [2.45, 2.75) is 38.6 Å². The van der Waals surface area contributed by atoms with Gasteiger partial charge < -0.3 is 9.80 Å². The number of rotatable bonds is 7. The third kappa shape index (κ3) is 5.66. The molecule has 0 spiro atoms. The quantitative estimate of drug-likeness (QED) is 0.193. The number of amides is 2. The van der Waals surface area contributed by atoms with Crippen molar-refractivity contribution in [2.24, 2.45) is 0 Å². The summed E-state index contributed by atoms with van der Waals surface area (Å²) in [6.45, 7) is 10.7. The van der Waals surface area contributed by atoms with E-state index in [0.29, 0.717) is 6.54 Å². The van der Waals surface area contributed by atoms with Crippen LogP contribution in [0.4, 0.5) is 5.69 Å². The maximum absolute atomic E-state index is 13.8. The minimum absolute atomic E-state index is 0.0103. The summed E-state index contributed by atoms with van der Waals surface area (Å²) in [5.41, 5.74) is 3.07. The summed E-state index contributed by atoms with van der Waals surface area (Å²) in [5, 5.41) is 13.3. The molecule has 0 aliphatic carbocycles. The number of nitro groups is 1. The fraction of sp³-hybridized carbons (Fsp3) is 0.310. The van der Waals surface area contributed by atoms with Crippen LogP contribution < -0.4 is 0 Å². The Morgan fingerprint density at radius 1 is 1.21 bits per heavy atom. The average Bonchev–Trinajstić information content (AvgIpc) is 3.36. The highest BCUT2D eigenvalue weighted by Crippen LogP contribution is 2.38. The first-order chi connectivity index (χ1) is 18.0. The van der Waals surface area contributed by atoms with Crippen LogP contribution in [-0.4, -0.2) is 46.2 Å². The van der Waals surface area contributed by atoms with E-state index in [4.69, 9.17) is 11.6 Å². The molecule has 0 N–H and O–H groups in total. The molecule has 0 saturated heterocycles. The van der Waals surface area contributed by atoms with Crippen LogP contribution in [0.25, 0.3) is 0 Å². The molecule has 0 bridgehead atoms. The second-order valence-electron chi connectivity index (χ2n) is 10.3. The molecule has 1 aromatic heterocycles. The van der Waals surface area contributed by atoms with Crippen LogP contribution in [0.5, 0.6) is 0 Å². The fourth-order valence-corrected chi connectivity index (χ4v) is 5.80. The van der Waals surface area contributed by atoms with Crippen LogP contribution in [-0.2, 0) is 16.6 Å². The SMILES string of the molecule is C=CCN(CC(=O)N1CCc2sccc2C1c1ccc(C(C)(C)C)cc1)C(=O)c1ccc(Cl)c([N+](=O)[O-])c1. The summed E-state index contributed by atoms with van der Waals surface area (Å²) in [6, 6.07) is 14.1. The van der Waals surface area contributed by atoms with E-state index in [0.717, 1.165) is 23.6 Å². The van der Waals surface area contributed by atoms with Crippen LogP contribution in [0, 0.1) is 10.1 Å². The number of fused-ring (bicyclic) bond motifs is 1. The predicted octanol–water partition coefficient (Wildman–Crippen LogP) is 6.41. The minimum Gasteiger partial charge on any atom is -0.330 e. The Labute approximate surface area is 231 Å². The van der Waals surface area contributed by atoms with Gasteiger partial charge in [-0.3, -0.25) is 19.7 Å². The minimum atomic E-state index is -0.635. The van der Waals surface area contributed by atoms with Crippen molar-refractivity contribution in [3.05, 3.63) is 109 Å². The molecule has 3 aromatic rings. The Hall–Kier alpha value is -3.49. The molecular formula is C29H30ClN3O4S. The lowest BCUT2D eigenvalue weighted by Gasteiger charge is -2.37. The normalized spacial score (nSPS) is 15.1. The van der Waals surface area contributed by atoms with Gasteiger partial charge in [0.15, 0.2) is 0 Å². The van der Waals surface area contributed by atoms with E-state index in [2.05, 4.69) is 63.1 Å². The predicted molar refractivity (Wildman–Crippen MR) is 151 cm³/mol. The number of nitro benzene ring substituents is 1. The molecule has 0 saturated carbocycles. The van der Waals surface area contributed by atoms with Crippen molar-refractivity contribution in [1.82, 2.24) is 9.80 Å². The number of carbonyl (C=O) groups excluding carboxylic acids is 2. The number of nitrogens with zero attached hydrogens (tertiary/aromatic N) is 3. The van der Waals surface area contributed by atoms with Gasteiger partial charge in [-0.05, 0) is 52.1 Å². The number of benzene rings is 2. The standard InChI is InChI=1S/C29H30ClN3O4S/c1-5-14-31(28(35)20-8-11-23(30)24(17-20)33(36)37)18-26(34)32-15-12-25-22(13-16-38-25)27(32)19-6-9-21(10-7-19)29(2,3)4/h5-11,13,16-17,27H,1,12,14-15,18H2,2-4H3. The second kappa shape index (κ2) is 11.1. The third-order valence-corrected chi connectivity index (χ3v) is 8.05. The summed E-state index contributed by atoms with van der Waals surface area (Å²) in [5.74, 6) is -0.706. The largest absolute Gasteiger partial charge is 0.330 e. The molecule has 1 unspecified atom stereocenters. The van der Waals surface area contributed by atoms with Gasteiger partial charge in [0.05, 0.1) is 11.0 Å². The van der Waals surface area contributed by atoms with Gasteiger partial charge in [0.1, 0.15) is 11.6 Å². The van der Waals surface area contributed by atoms with Gasteiger partial charge in [0.2, 0.25) is 5.91 Å². The molecule has 2 amide bonds. The maximum atomic E-state index is 13.8. The molecule has 1 aliphatic heterocycles. The first-order valence-electron chi connectivity index (χ1n) is 12.3. The Bertz CT molecular complexity index is 1380. The highest BCUT2D eigenvalue weighted by atomic mass is 35.5. The van der Waals surface area contributed by atoms with Crippen molar-refractivity contribution in [1.29, 1.82) is 0 Å². The molecule has 0 radical (unpaired) electrons. The number of carbonyl (C=O) groups is 2. The molecule has 2 aromatic carbocycles. The molecule has 1 aliphatic rings. The Balaban J connectivity index is 1.63. The van der Waals surface area contributed by atoms with E-state index in [1.807, 2.05) is 4.90 Å². The Morgan fingerprint density at radius 2 is 1.92 bits per heavy atom. The lowest BCUT2D eigenvalue weighted by Crippen LogP contribution is -2.46. The lowest BCUT2D eigenvalue weighted by molar-refractivity contribution is -0.384. The van der Waals surface area contributed by atoms with Gasteiger partial charge in [-0.2, -0.15) is 0 Å². The molecule has 2 heterocycles. The van der Waals surface area contributed by atoms with Crippen LogP contribution >= 0.6 is 22.9 Å². The monoisotopic (exact) mass is 551 g/mol. The van der Waals surface area contributed by atoms with E-state index in [1.54, 1.807) is 11.3 Å². The van der Waals surface area contributed by atoms with E-state index in [1.165, 1.54) is 33.5 Å². The third-order valence-electron chi connectivity index (χ3n) is 6.73. The van der Waals surface area contributed by atoms with E-state index in [-0.39, 0.29) is 46.7 Å². The molecule has 1 atom stereocenters. The zero-order valence-electron chi connectivity index (χ0n) is 21.6. The van der Waals surface area contributed by atoms with Crippen molar-refractivity contribution in [3.63, 3.8) is 0 Å². The van der Waals surface area contributed by atoms with Crippen molar-refractivity contribution < 1.29 is 14.5 Å². The summed E-state index contributed by atoms with van der Waals surface area (Å²) >= 11 is 7.61. The van der Waals surface area contributed by atoms with Gasteiger partial charge in [0.25, 0.3) is 11.6 Å². The number of halogens is 1. The molecular weight excluding hydrogens is 522 g/mol. The highest BCUT2D eigenvalue weighted by molar-refractivity contribution is 7.10. The molecule has 0 fully saturated rings. The zero-order chi connectivity index (χ0) is 27.6. The first kappa shape index (κ1) is 27.5. The zero-order valence-corrected chi connectivity index (χ0v) is 23.2. The number of thiophene rings is 1. The molecule has 4 rings (SSSR count). The topological polar surface area (TPSA) is 83.8 Å². The van der Waals surface area contributed by atoms with Gasteiger partial charge >= 0.3 is 0 Å². The Morgan fingerprint density at radius 3 is 2.55 bits per heavy atom. The van der Waals surface area contributed by atoms with Gasteiger partial charge in [-0.25, -0.2) is 0 Å². The Kier molecular flexibility index (Phi) is 8.04. The van der Waals surface area contributed by atoms with Crippen molar-refractivity contribution >= 4 is 40.4 Å². The van der Waals surface area contributed by atoms with E-state index in [9.17, 15) is 19.7 Å². The molecule has 38 heavy (non-hydrogen) atoms. The highest BCUT2D eigenvalue weighted by Gasteiger charge is 2.34. The smallest absolute Gasteiger partial charge is 0.288 e. The summed E-state index contributed by atoms with van der Waals surface area (Å²) in [4.78, 5) is 42.2. The maximum Gasteiger partial charge on any atom is 0.288 e. The van der Waals surface area contributed by atoms with E-state index >= 15 is 0 Å². The van der Waals surface area contributed by atoms with Crippen LogP contribution in [0.1, 0.15) is 58.7 Å². The first-order valence-corrected chi connectivity index (χ1v) is 13.6. The number of hydrogen-bond donors (Lipinski definition) is 0. The number of hydrogen-bond acceptors (Lipinski definition) is 5. The van der Waals surface area contributed by atoms with Gasteiger partial charge in [0, 0.05) is 29.6 Å². The van der Waals surface area contributed by atoms with Crippen molar-refractivity contribution in [2.75, 3.05) is 19.6 Å². The summed E-state index contributed by atoms with van der Waals surface area (Å²) in [7, 11) is 0. The van der Waals surface area contributed by atoms with Crippen molar-refractivity contribution in [3.8, 4) is 0 Å².